The molecule has 2 aliphatic carbocycles. The lowest BCUT2D eigenvalue weighted by atomic mass is 9.89. The summed E-state index contributed by atoms with van der Waals surface area (Å²) >= 11 is 0. The van der Waals surface area contributed by atoms with Gasteiger partial charge >= 0.3 is 6.03 Å². The van der Waals surface area contributed by atoms with E-state index in [1.165, 1.54) is 64.2 Å². The smallest absolute Gasteiger partial charge is 0.320 e. The summed E-state index contributed by atoms with van der Waals surface area (Å²) in [5, 5.41) is 0. The predicted molar refractivity (Wildman–Crippen MR) is 79.3 cm³/mol. The SMILES string of the molecule is CCN(C)C(=O)N(C1CCCCC1)C1CCCCC1. The maximum absolute atomic E-state index is 12.7. The molecule has 0 spiro atoms. The van der Waals surface area contributed by atoms with E-state index in [4.69, 9.17) is 0 Å². The molecule has 0 aromatic heterocycles. The Hall–Kier alpha value is -0.730. The molecule has 2 fully saturated rings. The first-order valence-electron chi connectivity index (χ1n) is 8.27. The maximum Gasteiger partial charge on any atom is 0.320 e. The normalized spacial score (nSPS) is 22.2. The molecule has 19 heavy (non-hydrogen) atoms. The van der Waals surface area contributed by atoms with E-state index < -0.39 is 0 Å². The van der Waals surface area contributed by atoms with Gasteiger partial charge in [-0.15, -0.1) is 0 Å². The Labute approximate surface area is 118 Å². The number of amides is 2. The van der Waals surface area contributed by atoms with Crippen molar-refractivity contribution in [3.05, 3.63) is 0 Å². The van der Waals surface area contributed by atoms with Crippen molar-refractivity contribution in [2.24, 2.45) is 0 Å². The van der Waals surface area contributed by atoms with Crippen LogP contribution in [0, 0.1) is 0 Å². The molecular weight excluding hydrogens is 236 g/mol. The van der Waals surface area contributed by atoms with Crippen LogP contribution < -0.4 is 0 Å². The molecule has 0 unspecified atom stereocenters. The number of carbonyl (C=O) groups is 1. The fourth-order valence-electron chi connectivity index (χ4n) is 3.66. The first kappa shape index (κ1) is 14.7. The number of nitrogens with zero attached hydrogens (tertiary/aromatic N) is 2. The van der Waals surface area contributed by atoms with Crippen LogP contribution >= 0.6 is 0 Å². The minimum atomic E-state index is 0.279. The second-order valence-electron chi connectivity index (χ2n) is 6.29. The molecule has 0 radical (unpaired) electrons. The summed E-state index contributed by atoms with van der Waals surface area (Å²) in [7, 11) is 1.95. The second-order valence-corrected chi connectivity index (χ2v) is 6.29. The van der Waals surface area contributed by atoms with Crippen LogP contribution in [-0.2, 0) is 0 Å². The van der Waals surface area contributed by atoms with E-state index >= 15 is 0 Å². The fourth-order valence-corrected chi connectivity index (χ4v) is 3.66. The molecule has 0 aliphatic heterocycles. The molecule has 2 amide bonds. The average molecular weight is 266 g/mol. The van der Waals surface area contributed by atoms with E-state index in [1.54, 1.807) is 0 Å². The highest BCUT2D eigenvalue weighted by molar-refractivity contribution is 5.75. The van der Waals surface area contributed by atoms with Gasteiger partial charge in [0, 0.05) is 25.7 Å². The summed E-state index contributed by atoms with van der Waals surface area (Å²) in [5.74, 6) is 0. The highest BCUT2D eigenvalue weighted by atomic mass is 16.2. The summed E-state index contributed by atoms with van der Waals surface area (Å²) in [6, 6.07) is 1.30. The molecule has 110 valence electrons. The van der Waals surface area contributed by atoms with Gasteiger partial charge in [0.05, 0.1) is 0 Å². The van der Waals surface area contributed by atoms with Gasteiger partial charge in [-0.3, -0.25) is 0 Å². The third-order valence-corrected chi connectivity index (χ3v) is 4.96. The van der Waals surface area contributed by atoms with Gasteiger partial charge in [0.1, 0.15) is 0 Å². The molecule has 0 bridgehead atoms. The van der Waals surface area contributed by atoms with Crippen LogP contribution in [0.2, 0.25) is 0 Å². The third kappa shape index (κ3) is 3.64. The molecular formula is C16H30N2O. The highest BCUT2D eigenvalue weighted by Crippen LogP contribution is 2.30. The van der Waals surface area contributed by atoms with E-state index in [2.05, 4.69) is 11.8 Å². The van der Waals surface area contributed by atoms with Crippen molar-refractivity contribution in [2.75, 3.05) is 13.6 Å². The van der Waals surface area contributed by atoms with Gasteiger partial charge < -0.3 is 9.80 Å². The minimum Gasteiger partial charge on any atom is -0.328 e. The van der Waals surface area contributed by atoms with Gasteiger partial charge in [-0.2, -0.15) is 0 Å². The topological polar surface area (TPSA) is 23.6 Å². The molecule has 0 N–H and O–H groups in total. The van der Waals surface area contributed by atoms with E-state index in [1.807, 2.05) is 11.9 Å². The van der Waals surface area contributed by atoms with Crippen LogP contribution in [0.25, 0.3) is 0 Å². The van der Waals surface area contributed by atoms with Crippen LogP contribution in [0.5, 0.6) is 0 Å². The second kappa shape index (κ2) is 7.16. The lowest BCUT2D eigenvalue weighted by molar-refractivity contribution is 0.0846. The Morgan fingerprint density at radius 2 is 1.32 bits per heavy atom. The summed E-state index contributed by atoms with van der Waals surface area (Å²) < 4.78 is 0. The van der Waals surface area contributed by atoms with Crippen LogP contribution in [0.4, 0.5) is 4.79 Å². The van der Waals surface area contributed by atoms with E-state index in [0.717, 1.165) is 6.54 Å². The molecule has 2 aliphatic rings. The molecule has 0 aromatic carbocycles. The lowest BCUT2D eigenvalue weighted by Crippen LogP contribution is -2.53. The number of hydrogen-bond donors (Lipinski definition) is 0. The maximum atomic E-state index is 12.7. The van der Waals surface area contributed by atoms with Crippen molar-refractivity contribution in [2.45, 2.75) is 83.2 Å². The van der Waals surface area contributed by atoms with E-state index in [9.17, 15) is 4.79 Å². The monoisotopic (exact) mass is 266 g/mol. The molecule has 0 heterocycles. The Balaban J connectivity index is 2.08. The molecule has 3 nitrogen and oxygen atoms in total. The lowest BCUT2D eigenvalue weighted by Gasteiger charge is -2.43. The molecule has 0 aromatic rings. The van der Waals surface area contributed by atoms with Gasteiger partial charge in [0.15, 0.2) is 0 Å². The largest absolute Gasteiger partial charge is 0.328 e. The van der Waals surface area contributed by atoms with Gasteiger partial charge in [-0.05, 0) is 32.6 Å². The standard InChI is InChI=1S/C16H30N2O/c1-3-17(2)16(19)18(14-10-6-4-7-11-14)15-12-8-5-9-13-15/h14-15H,3-13H2,1-2H3. The Bertz CT molecular complexity index is 262. The van der Waals surface area contributed by atoms with Crippen molar-refractivity contribution in [1.29, 1.82) is 0 Å². The molecule has 2 rings (SSSR count). The van der Waals surface area contributed by atoms with Crippen molar-refractivity contribution >= 4 is 6.03 Å². The Kier molecular flexibility index (Phi) is 5.53. The molecule has 3 heteroatoms. The van der Waals surface area contributed by atoms with E-state index in [-0.39, 0.29) is 6.03 Å². The van der Waals surface area contributed by atoms with Gasteiger partial charge in [0.25, 0.3) is 0 Å². The van der Waals surface area contributed by atoms with Crippen LogP contribution in [0.15, 0.2) is 0 Å². The van der Waals surface area contributed by atoms with E-state index in [0.29, 0.717) is 12.1 Å². The van der Waals surface area contributed by atoms with Gasteiger partial charge in [-0.1, -0.05) is 38.5 Å². The first-order valence-corrected chi connectivity index (χ1v) is 8.27. The minimum absolute atomic E-state index is 0.279. The molecule has 2 saturated carbocycles. The van der Waals surface area contributed by atoms with Crippen molar-refractivity contribution in [1.82, 2.24) is 9.80 Å². The first-order chi connectivity index (χ1) is 9.24. The zero-order valence-electron chi connectivity index (χ0n) is 12.7. The molecule has 0 atom stereocenters. The fraction of sp³-hybridized carbons (Fsp3) is 0.938. The highest BCUT2D eigenvalue weighted by Gasteiger charge is 2.33. The quantitative estimate of drug-likeness (QED) is 0.756. The zero-order chi connectivity index (χ0) is 13.7. The van der Waals surface area contributed by atoms with Crippen LogP contribution in [-0.4, -0.2) is 41.5 Å². The number of rotatable bonds is 3. The summed E-state index contributed by atoms with van der Waals surface area (Å²) in [5.41, 5.74) is 0. The third-order valence-electron chi connectivity index (χ3n) is 4.96. The van der Waals surface area contributed by atoms with Crippen molar-refractivity contribution in [3.8, 4) is 0 Å². The number of carbonyl (C=O) groups excluding carboxylic acids is 1. The van der Waals surface area contributed by atoms with Gasteiger partial charge in [0.2, 0.25) is 0 Å². The molecule has 0 saturated heterocycles. The Morgan fingerprint density at radius 1 is 0.895 bits per heavy atom. The van der Waals surface area contributed by atoms with Gasteiger partial charge in [-0.25, -0.2) is 4.79 Å². The number of urea groups is 1. The zero-order valence-corrected chi connectivity index (χ0v) is 12.7. The van der Waals surface area contributed by atoms with Crippen molar-refractivity contribution in [3.63, 3.8) is 0 Å². The van der Waals surface area contributed by atoms with Crippen LogP contribution in [0.1, 0.15) is 71.1 Å². The van der Waals surface area contributed by atoms with Crippen molar-refractivity contribution < 1.29 is 4.79 Å². The average Bonchev–Trinajstić information content (AvgIpc) is 2.49. The summed E-state index contributed by atoms with van der Waals surface area (Å²) in [4.78, 5) is 16.9. The summed E-state index contributed by atoms with van der Waals surface area (Å²) in [6.45, 7) is 2.88. The summed E-state index contributed by atoms with van der Waals surface area (Å²) in [6.07, 6.45) is 12.8. The van der Waals surface area contributed by atoms with Crippen LogP contribution in [0.3, 0.4) is 0 Å². The predicted octanol–water partition coefficient (Wildman–Crippen LogP) is 4.03. The Morgan fingerprint density at radius 3 is 1.68 bits per heavy atom. The number of hydrogen-bond acceptors (Lipinski definition) is 1.